The highest BCUT2D eigenvalue weighted by molar-refractivity contribution is 5.88. The number of hydrogen-bond donors (Lipinski definition) is 0. The van der Waals surface area contributed by atoms with Crippen molar-refractivity contribution in [2.45, 2.75) is 26.8 Å². The Bertz CT molecular complexity index is 941. The van der Waals surface area contributed by atoms with Gasteiger partial charge >= 0.3 is 0 Å². The van der Waals surface area contributed by atoms with Crippen LogP contribution in [0.2, 0.25) is 0 Å². The van der Waals surface area contributed by atoms with Gasteiger partial charge in [-0.05, 0) is 19.4 Å². The van der Waals surface area contributed by atoms with Gasteiger partial charge in [-0.1, -0.05) is 43.3 Å². The molecule has 0 unspecified atom stereocenters. The first-order valence-corrected chi connectivity index (χ1v) is 9.68. The van der Waals surface area contributed by atoms with Gasteiger partial charge in [-0.15, -0.1) is 0 Å². The summed E-state index contributed by atoms with van der Waals surface area (Å²) in [6.07, 6.45) is 4.18. The second kappa shape index (κ2) is 7.23. The fourth-order valence-corrected chi connectivity index (χ4v) is 3.75. The molecule has 0 N–H and O–H groups in total. The summed E-state index contributed by atoms with van der Waals surface area (Å²) < 4.78 is 6.30. The smallest absolute Gasteiger partial charge is 0.245 e. The van der Waals surface area contributed by atoms with Crippen molar-refractivity contribution in [3.8, 4) is 17.0 Å². The van der Waals surface area contributed by atoms with Crippen molar-refractivity contribution in [2.75, 3.05) is 19.7 Å². The van der Waals surface area contributed by atoms with Crippen LogP contribution in [-0.2, 0) is 11.3 Å². The molecular formula is C23H25N3O2. The van der Waals surface area contributed by atoms with Crippen LogP contribution in [0.5, 0.6) is 5.75 Å². The predicted octanol–water partition coefficient (Wildman–Crippen LogP) is 3.79. The zero-order valence-corrected chi connectivity index (χ0v) is 16.4. The first-order chi connectivity index (χ1) is 13.5. The van der Waals surface area contributed by atoms with Crippen LogP contribution in [0.15, 0.2) is 48.0 Å². The zero-order chi connectivity index (χ0) is 19.7. The van der Waals surface area contributed by atoms with Crippen molar-refractivity contribution in [3.05, 3.63) is 59.8 Å². The normalized spacial score (nSPS) is 16.4. The first-order valence-electron chi connectivity index (χ1n) is 9.68. The van der Waals surface area contributed by atoms with E-state index in [1.54, 1.807) is 0 Å². The second-order valence-electron chi connectivity index (χ2n) is 7.74. The van der Waals surface area contributed by atoms with Crippen LogP contribution in [0.4, 0.5) is 0 Å². The Hall–Kier alpha value is -2.95. The molecule has 1 aromatic carbocycles. The van der Waals surface area contributed by atoms with Gasteiger partial charge in [0.2, 0.25) is 5.91 Å². The van der Waals surface area contributed by atoms with Gasteiger partial charge in [0.25, 0.3) is 0 Å². The van der Waals surface area contributed by atoms with E-state index in [1.165, 1.54) is 11.6 Å². The average molecular weight is 375 g/mol. The molecule has 3 heterocycles. The number of carbonyl (C=O) groups excluding carboxylic acids is 1. The molecule has 1 saturated heterocycles. The summed E-state index contributed by atoms with van der Waals surface area (Å²) in [6, 6.07) is 10.4. The number of benzene rings is 1. The molecule has 28 heavy (non-hydrogen) atoms. The molecule has 0 bridgehead atoms. The maximum absolute atomic E-state index is 11.8. The van der Waals surface area contributed by atoms with Crippen LogP contribution in [0, 0.1) is 12.3 Å². The summed E-state index contributed by atoms with van der Waals surface area (Å²) in [4.78, 5) is 22.8. The van der Waals surface area contributed by atoms with Crippen LogP contribution < -0.4 is 4.74 Å². The number of fused-ring (bicyclic) bond motifs is 1. The van der Waals surface area contributed by atoms with E-state index in [0.29, 0.717) is 26.2 Å². The minimum absolute atomic E-state index is 0.00536. The number of pyridine rings is 1. The highest BCUT2D eigenvalue weighted by Gasteiger charge is 2.44. The largest absolute Gasteiger partial charge is 0.492 e. The monoisotopic (exact) mass is 375 g/mol. The lowest BCUT2D eigenvalue weighted by Crippen LogP contribution is -2.60. The van der Waals surface area contributed by atoms with Crippen molar-refractivity contribution in [1.82, 2.24) is 9.88 Å². The Labute approximate surface area is 165 Å². The van der Waals surface area contributed by atoms with Crippen LogP contribution in [0.3, 0.4) is 0 Å². The Morgan fingerprint density at radius 1 is 1.32 bits per heavy atom. The minimum atomic E-state index is -0.0114. The molecule has 1 aromatic heterocycles. The summed E-state index contributed by atoms with van der Waals surface area (Å²) in [5.74, 6) is 0.811. The molecule has 144 valence electrons. The quantitative estimate of drug-likeness (QED) is 0.722. The number of carbonyl (C=O) groups is 1. The van der Waals surface area contributed by atoms with Gasteiger partial charge in [0, 0.05) is 36.3 Å². The van der Waals surface area contributed by atoms with Gasteiger partial charge in [-0.25, -0.2) is 4.98 Å². The maximum atomic E-state index is 11.8. The fourth-order valence-electron chi connectivity index (χ4n) is 3.75. The lowest BCUT2D eigenvalue weighted by molar-refractivity contribution is -0.140. The van der Waals surface area contributed by atoms with Gasteiger partial charge in [-0.3, -0.25) is 9.79 Å². The van der Waals surface area contributed by atoms with Crippen molar-refractivity contribution < 1.29 is 9.53 Å². The predicted molar refractivity (Wildman–Crippen MR) is 111 cm³/mol. The van der Waals surface area contributed by atoms with Crippen LogP contribution in [0.25, 0.3) is 11.3 Å². The summed E-state index contributed by atoms with van der Waals surface area (Å²) in [6.45, 7) is 10.4. The Kier molecular flexibility index (Phi) is 4.75. The Morgan fingerprint density at radius 2 is 2.07 bits per heavy atom. The first kappa shape index (κ1) is 18.4. The number of rotatable bonds is 6. The molecule has 0 spiro atoms. The van der Waals surface area contributed by atoms with E-state index in [9.17, 15) is 4.79 Å². The minimum Gasteiger partial charge on any atom is -0.492 e. The van der Waals surface area contributed by atoms with Crippen LogP contribution in [-0.4, -0.2) is 41.7 Å². The third kappa shape index (κ3) is 3.33. The SMILES string of the molecule is C=CC(=O)N1CC(CC)(COc2cc(-c3ccc(C)cc3)nc3c2C=NC3)C1. The number of aliphatic imine (C=N–C) groups is 1. The molecule has 2 aromatic rings. The summed E-state index contributed by atoms with van der Waals surface area (Å²) >= 11 is 0. The van der Waals surface area contributed by atoms with Gasteiger partial charge in [-0.2, -0.15) is 0 Å². The lowest BCUT2D eigenvalue weighted by Gasteiger charge is -2.49. The molecule has 0 aliphatic carbocycles. The van der Waals surface area contributed by atoms with E-state index in [-0.39, 0.29) is 11.3 Å². The molecule has 0 radical (unpaired) electrons. The molecular weight excluding hydrogens is 350 g/mol. The number of nitrogens with zero attached hydrogens (tertiary/aromatic N) is 3. The third-order valence-corrected chi connectivity index (χ3v) is 5.73. The van der Waals surface area contributed by atoms with E-state index < -0.39 is 0 Å². The fraction of sp³-hybridized carbons (Fsp3) is 0.348. The Balaban J connectivity index is 1.56. The third-order valence-electron chi connectivity index (χ3n) is 5.73. The lowest BCUT2D eigenvalue weighted by atomic mass is 9.78. The number of ether oxygens (including phenoxy) is 1. The molecule has 0 atom stereocenters. The van der Waals surface area contributed by atoms with E-state index in [0.717, 1.165) is 34.7 Å². The number of hydrogen-bond acceptors (Lipinski definition) is 4. The van der Waals surface area contributed by atoms with Crippen molar-refractivity contribution >= 4 is 12.1 Å². The number of aryl methyl sites for hydroxylation is 1. The van der Waals surface area contributed by atoms with Crippen molar-refractivity contribution in [3.63, 3.8) is 0 Å². The van der Waals surface area contributed by atoms with E-state index in [4.69, 9.17) is 9.72 Å². The topological polar surface area (TPSA) is 54.8 Å². The standard InChI is InChI=1S/C23H25N3O2/c1-4-22(27)26-13-23(5-2,14-26)15-28-21-10-19(17-8-6-16(3)7-9-17)25-20-12-24-11-18(20)21/h4,6-11H,1,5,12-15H2,2-3H3. The number of aromatic nitrogens is 1. The Morgan fingerprint density at radius 3 is 2.75 bits per heavy atom. The molecule has 4 rings (SSSR count). The molecule has 0 saturated carbocycles. The molecule has 1 amide bonds. The molecule has 2 aliphatic rings. The number of amides is 1. The van der Waals surface area contributed by atoms with Crippen molar-refractivity contribution in [1.29, 1.82) is 0 Å². The van der Waals surface area contributed by atoms with E-state index >= 15 is 0 Å². The van der Waals surface area contributed by atoms with Crippen LogP contribution in [0.1, 0.15) is 30.2 Å². The molecule has 1 fully saturated rings. The number of likely N-dealkylation sites (tertiary alicyclic amines) is 1. The average Bonchev–Trinajstić information content (AvgIpc) is 3.16. The van der Waals surface area contributed by atoms with E-state index in [2.05, 4.69) is 49.7 Å². The van der Waals surface area contributed by atoms with Crippen molar-refractivity contribution in [2.24, 2.45) is 10.4 Å². The second-order valence-corrected chi connectivity index (χ2v) is 7.74. The van der Waals surface area contributed by atoms with Gasteiger partial charge in [0.05, 0.1) is 30.1 Å². The summed E-state index contributed by atoms with van der Waals surface area (Å²) in [5.41, 5.74) is 5.12. The maximum Gasteiger partial charge on any atom is 0.245 e. The molecule has 2 aliphatic heterocycles. The van der Waals surface area contributed by atoms with Gasteiger partial charge in [0.1, 0.15) is 5.75 Å². The van der Waals surface area contributed by atoms with Gasteiger partial charge < -0.3 is 9.64 Å². The van der Waals surface area contributed by atoms with E-state index in [1.807, 2.05) is 17.2 Å². The molecule has 5 nitrogen and oxygen atoms in total. The highest BCUT2D eigenvalue weighted by Crippen LogP contribution is 2.36. The zero-order valence-electron chi connectivity index (χ0n) is 16.4. The van der Waals surface area contributed by atoms with Crippen LogP contribution >= 0.6 is 0 Å². The summed E-state index contributed by atoms with van der Waals surface area (Å²) in [7, 11) is 0. The molecule has 5 heteroatoms. The highest BCUT2D eigenvalue weighted by atomic mass is 16.5. The summed E-state index contributed by atoms with van der Waals surface area (Å²) in [5, 5.41) is 0. The van der Waals surface area contributed by atoms with Gasteiger partial charge in [0.15, 0.2) is 0 Å².